The molecule has 0 aliphatic carbocycles. The maximum Gasteiger partial charge on any atom is 0.223 e. The van der Waals surface area contributed by atoms with Crippen molar-refractivity contribution in [3.63, 3.8) is 0 Å². The van der Waals surface area contributed by atoms with Crippen molar-refractivity contribution in [1.82, 2.24) is 14.4 Å². The quantitative estimate of drug-likeness (QED) is 0.782. The lowest BCUT2D eigenvalue weighted by molar-refractivity contribution is 0.129. The molecule has 5 heteroatoms. The van der Waals surface area contributed by atoms with E-state index in [-0.39, 0.29) is 11.2 Å². The number of unbranched alkanes of at least 4 members (excludes halogenated alkanes) is 2. The van der Waals surface area contributed by atoms with Gasteiger partial charge in [0.15, 0.2) is 5.75 Å². The first-order valence-electron chi connectivity index (χ1n) is 8.51. The molecule has 1 aliphatic rings. The van der Waals surface area contributed by atoms with Crippen LogP contribution in [0.4, 0.5) is 0 Å². The van der Waals surface area contributed by atoms with Crippen LogP contribution in [0.5, 0.6) is 5.75 Å². The average molecular weight is 307 g/mol. The zero-order chi connectivity index (χ0) is 15.9. The highest BCUT2D eigenvalue weighted by Gasteiger charge is 2.17. The number of piperazine rings is 1. The molecule has 1 fully saturated rings. The Morgan fingerprint density at radius 2 is 1.77 bits per heavy atom. The van der Waals surface area contributed by atoms with Crippen LogP contribution >= 0.6 is 0 Å². The fraction of sp³-hybridized carbons (Fsp3) is 0.706. The van der Waals surface area contributed by atoms with Crippen LogP contribution in [0.25, 0.3) is 0 Å². The van der Waals surface area contributed by atoms with Gasteiger partial charge in [0.05, 0.1) is 6.20 Å². The molecule has 5 nitrogen and oxygen atoms in total. The van der Waals surface area contributed by atoms with E-state index in [0.717, 1.165) is 57.9 Å². The third-order valence-electron chi connectivity index (χ3n) is 4.50. The normalized spacial score (nSPS) is 17.0. The van der Waals surface area contributed by atoms with E-state index in [1.807, 2.05) is 0 Å². The van der Waals surface area contributed by atoms with Crippen LogP contribution in [-0.4, -0.2) is 52.2 Å². The Bertz CT molecular complexity index is 519. The lowest BCUT2D eigenvalue weighted by Crippen LogP contribution is -2.46. The van der Waals surface area contributed by atoms with Gasteiger partial charge in [0.2, 0.25) is 5.43 Å². The standard InChI is InChI=1S/C17H29N3O2/c1-3-5-6-7-20-14-17(22)16(21)12-15(20)13-19-10-8-18(4-2)9-11-19/h12,14,22H,3-11,13H2,1-2H3. The first-order chi connectivity index (χ1) is 10.6. The van der Waals surface area contributed by atoms with Crippen molar-refractivity contribution in [1.29, 1.82) is 0 Å². The summed E-state index contributed by atoms with van der Waals surface area (Å²) in [7, 11) is 0. The minimum Gasteiger partial charge on any atom is -0.503 e. The summed E-state index contributed by atoms with van der Waals surface area (Å²) in [6.45, 7) is 11.4. The number of nitrogens with zero attached hydrogens (tertiary/aromatic N) is 3. The van der Waals surface area contributed by atoms with Crippen molar-refractivity contribution in [3.8, 4) is 5.75 Å². The van der Waals surface area contributed by atoms with Crippen LogP contribution in [-0.2, 0) is 13.1 Å². The van der Waals surface area contributed by atoms with Crippen molar-refractivity contribution >= 4 is 0 Å². The monoisotopic (exact) mass is 307 g/mol. The van der Waals surface area contributed by atoms with Crippen LogP contribution in [0.2, 0.25) is 0 Å². The van der Waals surface area contributed by atoms with Gasteiger partial charge in [-0.3, -0.25) is 9.69 Å². The molecule has 0 spiro atoms. The number of pyridine rings is 1. The van der Waals surface area contributed by atoms with Gasteiger partial charge in [0.25, 0.3) is 0 Å². The maximum atomic E-state index is 11.8. The summed E-state index contributed by atoms with van der Waals surface area (Å²) < 4.78 is 2.05. The predicted octanol–water partition coefficient (Wildman–Crippen LogP) is 1.88. The van der Waals surface area contributed by atoms with Crippen LogP contribution in [0, 0.1) is 0 Å². The molecule has 0 amide bonds. The molecule has 2 rings (SSSR count). The summed E-state index contributed by atoms with van der Waals surface area (Å²) >= 11 is 0. The van der Waals surface area contributed by atoms with Crippen molar-refractivity contribution < 1.29 is 5.11 Å². The number of likely N-dealkylation sites (N-methyl/N-ethyl adjacent to an activating group) is 1. The Morgan fingerprint density at radius 1 is 1.09 bits per heavy atom. The minimum absolute atomic E-state index is 0.143. The van der Waals surface area contributed by atoms with Gasteiger partial charge in [-0.15, -0.1) is 0 Å². The van der Waals surface area contributed by atoms with E-state index in [4.69, 9.17) is 0 Å². The van der Waals surface area contributed by atoms with Gasteiger partial charge in [-0.25, -0.2) is 0 Å². The lowest BCUT2D eigenvalue weighted by atomic mass is 10.2. The predicted molar refractivity (Wildman–Crippen MR) is 89.3 cm³/mol. The first-order valence-corrected chi connectivity index (χ1v) is 8.51. The Morgan fingerprint density at radius 3 is 2.41 bits per heavy atom. The molecule has 0 aromatic carbocycles. The van der Waals surface area contributed by atoms with E-state index >= 15 is 0 Å². The molecule has 0 saturated carbocycles. The number of rotatable bonds is 7. The number of aryl methyl sites for hydroxylation is 1. The van der Waals surface area contributed by atoms with E-state index in [2.05, 4.69) is 28.2 Å². The van der Waals surface area contributed by atoms with Crippen molar-refractivity contribution in [3.05, 3.63) is 28.2 Å². The molecule has 0 bridgehead atoms. The van der Waals surface area contributed by atoms with E-state index in [0.29, 0.717) is 0 Å². The molecule has 0 radical (unpaired) electrons. The summed E-state index contributed by atoms with van der Waals surface area (Å²) in [6, 6.07) is 1.60. The van der Waals surface area contributed by atoms with Crippen LogP contribution in [0.1, 0.15) is 38.8 Å². The Kier molecular flexibility index (Phi) is 6.46. The van der Waals surface area contributed by atoms with E-state index < -0.39 is 0 Å². The first kappa shape index (κ1) is 17.0. The smallest absolute Gasteiger partial charge is 0.223 e. The molecule has 0 unspecified atom stereocenters. The summed E-state index contributed by atoms with van der Waals surface area (Å²) in [4.78, 5) is 16.6. The van der Waals surface area contributed by atoms with E-state index in [1.165, 1.54) is 12.8 Å². The molecule has 1 aromatic rings. The van der Waals surface area contributed by atoms with Gasteiger partial charge in [0, 0.05) is 51.0 Å². The highest BCUT2D eigenvalue weighted by molar-refractivity contribution is 5.20. The number of aromatic nitrogens is 1. The van der Waals surface area contributed by atoms with Crippen molar-refractivity contribution in [2.75, 3.05) is 32.7 Å². The summed E-state index contributed by atoms with van der Waals surface area (Å²) in [5.74, 6) is -0.143. The lowest BCUT2D eigenvalue weighted by Gasteiger charge is -2.34. The van der Waals surface area contributed by atoms with E-state index in [1.54, 1.807) is 12.3 Å². The summed E-state index contributed by atoms with van der Waals surface area (Å²) in [5.41, 5.74) is 0.748. The zero-order valence-corrected chi connectivity index (χ0v) is 13.9. The van der Waals surface area contributed by atoms with Crippen LogP contribution < -0.4 is 5.43 Å². The Balaban J connectivity index is 2.05. The van der Waals surface area contributed by atoms with Gasteiger partial charge in [-0.05, 0) is 13.0 Å². The minimum atomic E-state index is -0.270. The SMILES string of the molecule is CCCCCn1cc(O)c(=O)cc1CN1CCN(CC)CC1. The second-order valence-electron chi connectivity index (χ2n) is 6.13. The number of hydrogen-bond donors (Lipinski definition) is 1. The van der Waals surface area contributed by atoms with Gasteiger partial charge in [0.1, 0.15) is 0 Å². The highest BCUT2D eigenvalue weighted by Crippen LogP contribution is 2.12. The molecule has 1 N–H and O–H groups in total. The van der Waals surface area contributed by atoms with Crippen LogP contribution in [0.3, 0.4) is 0 Å². The largest absolute Gasteiger partial charge is 0.503 e. The van der Waals surface area contributed by atoms with Crippen molar-refractivity contribution in [2.45, 2.75) is 46.2 Å². The number of hydrogen-bond acceptors (Lipinski definition) is 4. The zero-order valence-electron chi connectivity index (χ0n) is 13.9. The second-order valence-corrected chi connectivity index (χ2v) is 6.13. The summed E-state index contributed by atoms with van der Waals surface area (Å²) in [5, 5.41) is 9.70. The molecule has 124 valence electrons. The van der Waals surface area contributed by atoms with Gasteiger partial charge < -0.3 is 14.6 Å². The van der Waals surface area contributed by atoms with Gasteiger partial charge >= 0.3 is 0 Å². The number of aromatic hydroxyl groups is 1. The Hall–Kier alpha value is -1.33. The topological polar surface area (TPSA) is 48.7 Å². The summed E-state index contributed by atoms with van der Waals surface area (Å²) in [6.07, 6.45) is 5.02. The molecule has 22 heavy (non-hydrogen) atoms. The van der Waals surface area contributed by atoms with Crippen molar-refractivity contribution in [2.24, 2.45) is 0 Å². The second kappa shape index (κ2) is 8.34. The Labute approximate surface area is 133 Å². The molecule has 1 aromatic heterocycles. The molecule has 0 atom stereocenters. The molecular formula is C17H29N3O2. The fourth-order valence-electron chi connectivity index (χ4n) is 2.97. The third-order valence-corrected chi connectivity index (χ3v) is 4.50. The average Bonchev–Trinajstić information content (AvgIpc) is 2.53. The maximum absolute atomic E-state index is 11.8. The fourth-order valence-corrected chi connectivity index (χ4v) is 2.97. The molecular weight excluding hydrogens is 278 g/mol. The molecule has 2 heterocycles. The van der Waals surface area contributed by atoms with Gasteiger partial charge in [-0.1, -0.05) is 26.7 Å². The van der Waals surface area contributed by atoms with E-state index in [9.17, 15) is 9.90 Å². The van der Waals surface area contributed by atoms with Crippen LogP contribution in [0.15, 0.2) is 17.1 Å². The highest BCUT2D eigenvalue weighted by atomic mass is 16.3. The van der Waals surface area contributed by atoms with Gasteiger partial charge in [-0.2, -0.15) is 0 Å². The third kappa shape index (κ3) is 4.58. The molecule has 1 saturated heterocycles. The molecule has 1 aliphatic heterocycles.